The number of benzene rings is 1. The first-order valence-corrected chi connectivity index (χ1v) is 10.7. The summed E-state index contributed by atoms with van der Waals surface area (Å²) in [5, 5.41) is 3.52. The lowest BCUT2D eigenvalue weighted by molar-refractivity contribution is -0.00268. The number of aliphatic imine (C=N–C) groups is 1. The van der Waals surface area contributed by atoms with E-state index in [2.05, 4.69) is 71.4 Å². The number of hydrogen-bond donors (Lipinski definition) is 1. The van der Waals surface area contributed by atoms with Gasteiger partial charge in [0.05, 0.1) is 6.54 Å². The molecule has 0 radical (unpaired) electrons. The van der Waals surface area contributed by atoms with E-state index in [4.69, 9.17) is 9.73 Å². The Balaban J connectivity index is 0.00000300. The Hall–Kier alpha value is -0.900. The smallest absolute Gasteiger partial charge is 0.194 e. The van der Waals surface area contributed by atoms with Gasteiger partial charge < -0.3 is 19.9 Å². The van der Waals surface area contributed by atoms with Crippen molar-refractivity contribution in [3.05, 3.63) is 35.9 Å². The number of rotatable bonds is 6. The molecule has 0 atom stereocenters. The van der Waals surface area contributed by atoms with E-state index in [-0.39, 0.29) is 29.5 Å². The Kier molecular flexibility index (Phi) is 10.1. The van der Waals surface area contributed by atoms with Crippen LogP contribution in [0.2, 0.25) is 0 Å². The second-order valence-corrected chi connectivity index (χ2v) is 8.15. The van der Waals surface area contributed by atoms with Crippen LogP contribution in [0.3, 0.4) is 0 Å². The highest BCUT2D eigenvalue weighted by atomic mass is 127. The first-order valence-electron chi connectivity index (χ1n) is 10.7. The molecular weight excluding hydrogens is 477 g/mol. The molecule has 0 bridgehead atoms. The molecule has 2 heterocycles. The summed E-state index contributed by atoms with van der Waals surface area (Å²) in [5.41, 5.74) is 1.51. The summed E-state index contributed by atoms with van der Waals surface area (Å²) in [5.74, 6) is 1.06. The van der Waals surface area contributed by atoms with Crippen LogP contribution < -0.4 is 5.32 Å². The minimum atomic E-state index is 0. The fraction of sp³-hybridized carbons (Fsp3) is 0.682. The minimum Gasteiger partial charge on any atom is -0.381 e. The molecular formula is C22H38IN5O. The third-order valence-corrected chi connectivity index (χ3v) is 6.15. The number of nitrogens with one attached hydrogen (secondary N) is 1. The molecule has 1 aromatic carbocycles. The van der Waals surface area contributed by atoms with Gasteiger partial charge in [-0.2, -0.15) is 0 Å². The molecule has 0 spiro atoms. The van der Waals surface area contributed by atoms with Crippen LogP contribution in [-0.4, -0.2) is 92.8 Å². The number of guanidine groups is 1. The number of hydrogen-bond acceptors (Lipinski definition) is 4. The van der Waals surface area contributed by atoms with Crippen LogP contribution in [0.1, 0.15) is 25.3 Å². The van der Waals surface area contributed by atoms with Crippen molar-refractivity contribution in [3.8, 4) is 0 Å². The second-order valence-electron chi connectivity index (χ2n) is 8.15. The van der Waals surface area contributed by atoms with Crippen LogP contribution in [0.25, 0.3) is 0 Å². The molecule has 2 saturated heterocycles. The normalized spacial score (nSPS) is 20.4. The highest BCUT2D eigenvalue weighted by molar-refractivity contribution is 14.0. The van der Waals surface area contributed by atoms with E-state index < -0.39 is 0 Å². The number of nitrogens with zero attached hydrogens (tertiary/aromatic N) is 4. The predicted molar refractivity (Wildman–Crippen MR) is 131 cm³/mol. The maximum absolute atomic E-state index is 5.60. The van der Waals surface area contributed by atoms with E-state index >= 15 is 0 Å². The minimum absolute atomic E-state index is 0. The maximum Gasteiger partial charge on any atom is 0.194 e. The van der Waals surface area contributed by atoms with Gasteiger partial charge in [-0.15, -0.1) is 24.0 Å². The van der Waals surface area contributed by atoms with Gasteiger partial charge in [0.25, 0.3) is 0 Å². The molecule has 3 rings (SSSR count). The van der Waals surface area contributed by atoms with Crippen molar-refractivity contribution in [1.82, 2.24) is 20.0 Å². The van der Waals surface area contributed by atoms with Crippen LogP contribution >= 0.6 is 24.0 Å². The van der Waals surface area contributed by atoms with Crippen molar-refractivity contribution in [2.75, 3.05) is 66.6 Å². The van der Waals surface area contributed by atoms with Gasteiger partial charge in [-0.05, 0) is 39.4 Å². The summed E-state index contributed by atoms with van der Waals surface area (Å²) in [7, 11) is 4.35. The Morgan fingerprint density at radius 3 is 2.34 bits per heavy atom. The van der Waals surface area contributed by atoms with Gasteiger partial charge in [0.1, 0.15) is 0 Å². The van der Waals surface area contributed by atoms with Crippen LogP contribution in [0.4, 0.5) is 0 Å². The highest BCUT2D eigenvalue weighted by Crippen LogP contribution is 2.26. The molecule has 7 heteroatoms. The molecule has 2 aliphatic heterocycles. The lowest BCUT2D eigenvalue weighted by Gasteiger charge is -2.42. The lowest BCUT2D eigenvalue weighted by atomic mass is 9.89. The van der Waals surface area contributed by atoms with Crippen LogP contribution in [0.5, 0.6) is 0 Å². The summed E-state index contributed by atoms with van der Waals surface area (Å²) in [6.45, 7) is 10.8. The molecule has 0 unspecified atom stereocenters. The average Bonchev–Trinajstić information content (AvgIpc) is 2.73. The molecule has 0 amide bonds. The lowest BCUT2D eigenvalue weighted by Crippen LogP contribution is -2.54. The third-order valence-electron chi connectivity index (χ3n) is 6.15. The van der Waals surface area contributed by atoms with Gasteiger partial charge in [0.15, 0.2) is 5.96 Å². The molecule has 29 heavy (non-hydrogen) atoms. The van der Waals surface area contributed by atoms with E-state index in [1.807, 2.05) is 0 Å². The zero-order chi connectivity index (χ0) is 19.8. The van der Waals surface area contributed by atoms with Gasteiger partial charge in [0, 0.05) is 58.0 Å². The van der Waals surface area contributed by atoms with Crippen LogP contribution in [0.15, 0.2) is 35.3 Å². The number of halogens is 1. The number of ether oxygens (including phenoxy) is 1. The quantitative estimate of drug-likeness (QED) is 0.359. The van der Waals surface area contributed by atoms with Crippen molar-refractivity contribution in [1.29, 1.82) is 0 Å². The van der Waals surface area contributed by atoms with Crippen molar-refractivity contribution in [3.63, 3.8) is 0 Å². The summed E-state index contributed by atoms with van der Waals surface area (Å²) in [4.78, 5) is 12.4. The summed E-state index contributed by atoms with van der Waals surface area (Å²) in [6, 6.07) is 10.8. The summed E-state index contributed by atoms with van der Waals surface area (Å²) >= 11 is 0. The number of likely N-dealkylation sites (N-methyl/N-ethyl adjacent to an activating group) is 1. The van der Waals surface area contributed by atoms with E-state index in [9.17, 15) is 0 Å². The second kappa shape index (κ2) is 12.1. The molecule has 6 nitrogen and oxygen atoms in total. The monoisotopic (exact) mass is 515 g/mol. The van der Waals surface area contributed by atoms with E-state index in [1.165, 1.54) is 5.56 Å². The van der Waals surface area contributed by atoms with Crippen molar-refractivity contribution >= 4 is 29.9 Å². The molecule has 2 aliphatic rings. The zero-order valence-electron chi connectivity index (χ0n) is 18.3. The van der Waals surface area contributed by atoms with Crippen molar-refractivity contribution < 1.29 is 4.74 Å². The number of piperazine rings is 1. The van der Waals surface area contributed by atoms with Crippen molar-refractivity contribution in [2.45, 2.75) is 31.8 Å². The topological polar surface area (TPSA) is 43.3 Å². The largest absolute Gasteiger partial charge is 0.381 e. The van der Waals surface area contributed by atoms with Crippen LogP contribution in [0, 0.1) is 0 Å². The van der Waals surface area contributed by atoms with Crippen LogP contribution in [-0.2, 0) is 11.3 Å². The molecule has 164 valence electrons. The highest BCUT2D eigenvalue weighted by Gasteiger charge is 2.35. The van der Waals surface area contributed by atoms with E-state index in [0.717, 1.165) is 77.8 Å². The Bertz CT molecular complexity index is 611. The van der Waals surface area contributed by atoms with Gasteiger partial charge >= 0.3 is 0 Å². The molecule has 0 saturated carbocycles. The molecule has 0 aromatic heterocycles. The molecule has 2 fully saturated rings. The fourth-order valence-electron chi connectivity index (χ4n) is 4.11. The molecule has 0 aliphatic carbocycles. The van der Waals surface area contributed by atoms with Gasteiger partial charge in [-0.3, -0.25) is 9.89 Å². The first-order chi connectivity index (χ1) is 13.6. The Morgan fingerprint density at radius 1 is 1.10 bits per heavy atom. The van der Waals surface area contributed by atoms with Gasteiger partial charge in [-0.1, -0.05) is 30.3 Å². The van der Waals surface area contributed by atoms with E-state index in [1.54, 1.807) is 0 Å². The van der Waals surface area contributed by atoms with Crippen molar-refractivity contribution in [2.24, 2.45) is 4.99 Å². The predicted octanol–water partition coefficient (Wildman–Crippen LogP) is 2.50. The van der Waals surface area contributed by atoms with Gasteiger partial charge in [0.2, 0.25) is 0 Å². The van der Waals surface area contributed by atoms with E-state index in [0.29, 0.717) is 0 Å². The maximum atomic E-state index is 5.60. The SMILES string of the molecule is CCNC(=NCC1(N(C)C)CCOCC1)N1CCN(Cc2ccccc2)CC1.I. The Labute approximate surface area is 193 Å². The summed E-state index contributed by atoms with van der Waals surface area (Å²) in [6.07, 6.45) is 2.10. The first kappa shape index (κ1) is 24.4. The standard InChI is InChI=1S/C22H37N5O.HI/c1-4-23-21(24-19-22(25(2)3)10-16-28-17-11-22)27-14-12-26(13-15-27)18-20-8-6-5-7-9-20;/h5-9H,4,10-19H2,1-3H3,(H,23,24);1H. The third kappa shape index (κ3) is 6.80. The fourth-order valence-corrected chi connectivity index (χ4v) is 4.11. The van der Waals surface area contributed by atoms with Gasteiger partial charge in [-0.25, -0.2) is 0 Å². The molecule has 1 N–H and O–H groups in total. The molecule has 1 aromatic rings. The Morgan fingerprint density at radius 2 is 1.76 bits per heavy atom. The average molecular weight is 515 g/mol. The summed E-state index contributed by atoms with van der Waals surface area (Å²) < 4.78 is 5.60. The zero-order valence-corrected chi connectivity index (χ0v) is 20.6.